The van der Waals surface area contributed by atoms with Crippen LogP contribution < -0.4 is 5.73 Å². The van der Waals surface area contributed by atoms with Crippen LogP contribution in [-0.4, -0.2) is 9.97 Å². The van der Waals surface area contributed by atoms with E-state index in [1.54, 1.807) is 12.4 Å². The third kappa shape index (κ3) is 3.30. The Morgan fingerprint density at radius 2 is 2.00 bits per heavy atom. The lowest BCUT2D eigenvalue weighted by Gasteiger charge is -2.09. The van der Waals surface area contributed by atoms with E-state index in [9.17, 15) is 0 Å². The minimum Gasteiger partial charge on any atom is -0.485 e. The highest BCUT2D eigenvalue weighted by atomic mass is 79.9. The molecule has 0 aliphatic carbocycles. The van der Waals surface area contributed by atoms with Gasteiger partial charge in [0.2, 0.25) is 0 Å². The zero-order valence-corrected chi connectivity index (χ0v) is 11.2. The summed E-state index contributed by atoms with van der Waals surface area (Å²) in [6.45, 7) is 0.446. The SMILES string of the molecule is NC=C(OCc1ccccc1)c1cnc(Br)cn1. The van der Waals surface area contributed by atoms with Crippen molar-refractivity contribution in [1.29, 1.82) is 0 Å². The molecule has 0 atom stereocenters. The summed E-state index contributed by atoms with van der Waals surface area (Å²) in [5, 5.41) is 0. The molecule has 0 bridgehead atoms. The van der Waals surface area contributed by atoms with Crippen LogP contribution in [0.15, 0.2) is 53.5 Å². The van der Waals surface area contributed by atoms with Crippen molar-refractivity contribution in [2.24, 2.45) is 5.73 Å². The largest absolute Gasteiger partial charge is 0.485 e. The van der Waals surface area contributed by atoms with Gasteiger partial charge in [0.1, 0.15) is 16.9 Å². The van der Waals surface area contributed by atoms with Crippen molar-refractivity contribution in [3.05, 3.63) is 64.8 Å². The molecule has 1 aromatic carbocycles. The lowest BCUT2D eigenvalue weighted by Crippen LogP contribution is -1.99. The maximum atomic E-state index is 5.62. The quantitative estimate of drug-likeness (QED) is 0.882. The summed E-state index contributed by atoms with van der Waals surface area (Å²) >= 11 is 3.23. The second-order valence-corrected chi connectivity index (χ2v) is 4.34. The van der Waals surface area contributed by atoms with E-state index in [1.165, 1.54) is 6.20 Å². The van der Waals surface area contributed by atoms with Gasteiger partial charge in [0.25, 0.3) is 0 Å². The Morgan fingerprint density at radius 1 is 1.22 bits per heavy atom. The first kappa shape index (κ1) is 12.6. The molecular formula is C13H12BrN3O. The summed E-state index contributed by atoms with van der Waals surface area (Å²) in [6.07, 6.45) is 4.60. The first-order valence-corrected chi connectivity index (χ1v) is 6.15. The topological polar surface area (TPSA) is 61.0 Å². The van der Waals surface area contributed by atoms with Crippen molar-refractivity contribution in [3.63, 3.8) is 0 Å². The van der Waals surface area contributed by atoms with Gasteiger partial charge >= 0.3 is 0 Å². The van der Waals surface area contributed by atoms with Crippen molar-refractivity contribution in [3.8, 4) is 0 Å². The molecule has 0 saturated carbocycles. The fourth-order valence-electron chi connectivity index (χ4n) is 1.38. The van der Waals surface area contributed by atoms with Gasteiger partial charge < -0.3 is 10.5 Å². The molecule has 1 heterocycles. The van der Waals surface area contributed by atoms with Gasteiger partial charge in [0.05, 0.1) is 12.4 Å². The van der Waals surface area contributed by atoms with Gasteiger partial charge in [-0.2, -0.15) is 0 Å². The summed E-state index contributed by atoms with van der Waals surface area (Å²) < 4.78 is 6.29. The van der Waals surface area contributed by atoms with Crippen LogP contribution in [0.2, 0.25) is 0 Å². The first-order valence-electron chi connectivity index (χ1n) is 5.36. The summed E-state index contributed by atoms with van der Waals surface area (Å²) in [5.74, 6) is 0.513. The Kier molecular flexibility index (Phi) is 4.30. The molecule has 4 nitrogen and oxygen atoms in total. The number of ether oxygens (including phenoxy) is 1. The molecule has 0 fully saturated rings. The number of benzene rings is 1. The highest BCUT2D eigenvalue weighted by molar-refractivity contribution is 9.10. The second kappa shape index (κ2) is 6.16. The molecule has 1 aromatic heterocycles. The summed E-state index contributed by atoms with van der Waals surface area (Å²) in [4.78, 5) is 8.26. The highest BCUT2D eigenvalue weighted by Crippen LogP contribution is 2.15. The van der Waals surface area contributed by atoms with Crippen LogP contribution in [0.25, 0.3) is 5.76 Å². The van der Waals surface area contributed by atoms with E-state index in [4.69, 9.17) is 10.5 Å². The van der Waals surface area contributed by atoms with Crippen LogP contribution in [0.5, 0.6) is 0 Å². The van der Waals surface area contributed by atoms with Crippen LogP contribution in [-0.2, 0) is 11.3 Å². The number of hydrogen-bond donors (Lipinski definition) is 1. The average Bonchev–Trinajstić information content (AvgIpc) is 2.42. The molecule has 0 spiro atoms. The number of halogens is 1. The van der Waals surface area contributed by atoms with Gasteiger partial charge in [0, 0.05) is 6.20 Å². The molecule has 5 heteroatoms. The van der Waals surface area contributed by atoms with E-state index >= 15 is 0 Å². The standard InChI is InChI=1S/C13H12BrN3O/c14-13-8-16-11(7-17-13)12(6-15)18-9-10-4-2-1-3-5-10/h1-8H,9,15H2. The van der Waals surface area contributed by atoms with Gasteiger partial charge in [-0.15, -0.1) is 0 Å². The molecule has 0 saturated heterocycles. The lowest BCUT2D eigenvalue weighted by atomic mass is 10.2. The fourth-order valence-corrected chi connectivity index (χ4v) is 1.59. The predicted molar refractivity (Wildman–Crippen MR) is 73.1 cm³/mol. The van der Waals surface area contributed by atoms with Gasteiger partial charge in [-0.05, 0) is 21.5 Å². The minimum absolute atomic E-state index is 0.446. The molecule has 0 radical (unpaired) electrons. The Morgan fingerprint density at radius 3 is 2.61 bits per heavy atom. The Balaban J connectivity index is 2.05. The molecule has 0 aliphatic heterocycles. The monoisotopic (exact) mass is 305 g/mol. The Labute approximate surface area is 114 Å². The van der Waals surface area contributed by atoms with E-state index in [0.29, 0.717) is 22.7 Å². The number of nitrogens with two attached hydrogens (primary N) is 1. The zero-order valence-electron chi connectivity index (χ0n) is 9.58. The first-order chi connectivity index (χ1) is 8.79. The number of rotatable bonds is 4. The molecule has 92 valence electrons. The van der Waals surface area contributed by atoms with E-state index in [0.717, 1.165) is 5.56 Å². The van der Waals surface area contributed by atoms with Crippen molar-refractivity contribution in [1.82, 2.24) is 9.97 Å². The van der Waals surface area contributed by atoms with Crippen LogP contribution in [0.3, 0.4) is 0 Å². The van der Waals surface area contributed by atoms with Crippen molar-refractivity contribution in [2.75, 3.05) is 0 Å². The molecular weight excluding hydrogens is 294 g/mol. The molecule has 18 heavy (non-hydrogen) atoms. The number of aromatic nitrogens is 2. The van der Waals surface area contributed by atoms with E-state index < -0.39 is 0 Å². The van der Waals surface area contributed by atoms with Crippen LogP contribution in [0.1, 0.15) is 11.3 Å². The Hall–Kier alpha value is -1.88. The van der Waals surface area contributed by atoms with Crippen molar-refractivity contribution < 1.29 is 4.74 Å². The van der Waals surface area contributed by atoms with E-state index in [2.05, 4.69) is 25.9 Å². The molecule has 2 rings (SSSR count). The second-order valence-electron chi connectivity index (χ2n) is 3.53. The zero-order chi connectivity index (χ0) is 12.8. The van der Waals surface area contributed by atoms with Gasteiger partial charge in [0.15, 0.2) is 5.76 Å². The molecule has 2 aromatic rings. The number of hydrogen-bond acceptors (Lipinski definition) is 4. The summed E-state index contributed by atoms with van der Waals surface area (Å²) in [6, 6.07) is 9.86. The highest BCUT2D eigenvalue weighted by Gasteiger charge is 2.05. The van der Waals surface area contributed by atoms with Crippen LogP contribution in [0.4, 0.5) is 0 Å². The van der Waals surface area contributed by atoms with Crippen LogP contribution in [0, 0.1) is 0 Å². The summed E-state index contributed by atoms with van der Waals surface area (Å²) in [5.41, 5.74) is 7.22. The molecule has 0 amide bonds. The Bertz CT molecular complexity index is 526. The van der Waals surface area contributed by atoms with E-state index in [-0.39, 0.29) is 0 Å². The van der Waals surface area contributed by atoms with Crippen LogP contribution >= 0.6 is 15.9 Å². The maximum absolute atomic E-state index is 5.62. The van der Waals surface area contributed by atoms with Crippen molar-refractivity contribution >= 4 is 21.7 Å². The molecule has 0 aliphatic rings. The third-order valence-electron chi connectivity index (χ3n) is 2.26. The third-order valence-corrected chi connectivity index (χ3v) is 2.67. The maximum Gasteiger partial charge on any atom is 0.162 e. The average molecular weight is 306 g/mol. The smallest absolute Gasteiger partial charge is 0.162 e. The van der Waals surface area contributed by atoms with Gasteiger partial charge in [-0.1, -0.05) is 30.3 Å². The fraction of sp³-hybridized carbons (Fsp3) is 0.0769. The van der Waals surface area contributed by atoms with Gasteiger partial charge in [-0.25, -0.2) is 9.97 Å². The lowest BCUT2D eigenvalue weighted by molar-refractivity contribution is 0.262. The normalized spacial score (nSPS) is 11.3. The molecule has 2 N–H and O–H groups in total. The molecule has 0 unspecified atom stereocenters. The predicted octanol–water partition coefficient (Wildman–Crippen LogP) is 2.71. The summed E-state index contributed by atoms with van der Waals surface area (Å²) in [7, 11) is 0. The number of nitrogens with zero attached hydrogens (tertiary/aromatic N) is 2. The van der Waals surface area contributed by atoms with Crippen molar-refractivity contribution in [2.45, 2.75) is 6.61 Å². The van der Waals surface area contributed by atoms with E-state index in [1.807, 2.05) is 30.3 Å². The minimum atomic E-state index is 0.446. The van der Waals surface area contributed by atoms with Gasteiger partial charge in [-0.3, -0.25) is 0 Å².